The molecule has 34 heavy (non-hydrogen) atoms. The lowest BCUT2D eigenvalue weighted by atomic mass is 10.0. The number of fused-ring (bicyclic) bond motifs is 1. The smallest absolute Gasteiger partial charge is 0.329 e. The fourth-order valence-corrected chi connectivity index (χ4v) is 4.20. The number of hydrogen-bond donors (Lipinski definition) is 1. The Balaban J connectivity index is 1.68. The topological polar surface area (TPSA) is 98.7 Å². The molecular formula is C24H26FN5O4. The lowest BCUT2D eigenvalue weighted by Gasteiger charge is -2.36. The van der Waals surface area contributed by atoms with Gasteiger partial charge in [-0.2, -0.15) is 0 Å². The monoisotopic (exact) mass is 467 g/mol. The van der Waals surface area contributed by atoms with Crippen molar-refractivity contribution in [3.63, 3.8) is 0 Å². The van der Waals surface area contributed by atoms with Gasteiger partial charge in [-0.05, 0) is 43.9 Å². The van der Waals surface area contributed by atoms with Gasteiger partial charge < -0.3 is 19.5 Å². The number of nitrogens with zero attached hydrogens (tertiary/aromatic N) is 4. The van der Waals surface area contributed by atoms with Crippen LogP contribution in [0.25, 0.3) is 10.9 Å². The van der Waals surface area contributed by atoms with E-state index in [1.807, 2.05) is 19.0 Å². The van der Waals surface area contributed by atoms with Gasteiger partial charge >= 0.3 is 5.69 Å². The van der Waals surface area contributed by atoms with Gasteiger partial charge in [0.25, 0.3) is 5.56 Å². The highest BCUT2D eigenvalue weighted by Gasteiger charge is 2.27. The van der Waals surface area contributed by atoms with E-state index >= 15 is 0 Å². The molecular weight excluding hydrogens is 441 g/mol. The summed E-state index contributed by atoms with van der Waals surface area (Å²) in [4.78, 5) is 57.3. The van der Waals surface area contributed by atoms with Gasteiger partial charge in [-0.3, -0.25) is 19.1 Å². The molecule has 1 N–H and O–H groups in total. The number of carbonyl (C=O) groups is 2. The van der Waals surface area contributed by atoms with E-state index in [0.717, 1.165) is 6.54 Å². The highest BCUT2D eigenvalue weighted by Crippen LogP contribution is 2.27. The van der Waals surface area contributed by atoms with Gasteiger partial charge in [0.2, 0.25) is 5.91 Å². The van der Waals surface area contributed by atoms with Gasteiger partial charge in [-0.1, -0.05) is 18.2 Å². The minimum atomic E-state index is -1.09. The Kier molecular flexibility index (Phi) is 6.60. The molecule has 0 aliphatic carbocycles. The van der Waals surface area contributed by atoms with Gasteiger partial charge in [0.15, 0.2) is 0 Å². The maximum atomic E-state index is 14.8. The quantitative estimate of drug-likeness (QED) is 0.517. The van der Waals surface area contributed by atoms with E-state index in [0.29, 0.717) is 37.0 Å². The molecule has 1 saturated heterocycles. The van der Waals surface area contributed by atoms with Crippen molar-refractivity contribution in [1.82, 2.24) is 19.4 Å². The Morgan fingerprint density at radius 1 is 1.12 bits per heavy atom. The molecule has 1 fully saturated rings. The standard InChI is InChI=1S/C24H26FN5O4/c1-27(2)9-10-28-11-12-29(14-22(28)32)20-13-16(7-8-18(20)25)21(15-31)30-19-6-4-3-5-17(19)23(33)26-24(30)34/h3-8,13,15,21H,9-12,14H2,1-2H3,(H,26,33,34). The van der Waals surface area contributed by atoms with Gasteiger partial charge in [-0.25, -0.2) is 9.18 Å². The van der Waals surface area contributed by atoms with Crippen LogP contribution in [-0.2, 0) is 9.59 Å². The van der Waals surface area contributed by atoms with E-state index in [1.165, 1.54) is 22.8 Å². The number of rotatable bonds is 7. The number of aldehydes is 1. The number of aromatic amines is 1. The number of para-hydroxylation sites is 1. The van der Waals surface area contributed by atoms with E-state index in [4.69, 9.17) is 0 Å². The fraction of sp³-hybridized carbons (Fsp3) is 0.333. The number of anilines is 1. The number of piperazine rings is 1. The summed E-state index contributed by atoms with van der Waals surface area (Å²) in [5, 5.41) is 0.260. The molecule has 3 aromatic rings. The zero-order valence-electron chi connectivity index (χ0n) is 19.0. The highest BCUT2D eigenvalue weighted by atomic mass is 19.1. The molecule has 4 rings (SSSR count). The van der Waals surface area contributed by atoms with Crippen LogP contribution in [0.4, 0.5) is 10.1 Å². The van der Waals surface area contributed by atoms with E-state index in [2.05, 4.69) is 4.98 Å². The summed E-state index contributed by atoms with van der Waals surface area (Å²) in [5.41, 5.74) is -0.438. The van der Waals surface area contributed by atoms with Crippen molar-refractivity contribution in [2.45, 2.75) is 6.04 Å². The predicted octanol–water partition coefficient (Wildman–Crippen LogP) is 0.827. The largest absolute Gasteiger partial charge is 0.358 e. The molecule has 2 heterocycles. The molecule has 1 atom stereocenters. The van der Waals surface area contributed by atoms with Crippen LogP contribution in [0.1, 0.15) is 11.6 Å². The molecule has 0 radical (unpaired) electrons. The molecule has 2 aromatic carbocycles. The third-order valence-corrected chi connectivity index (χ3v) is 6.04. The summed E-state index contributed by atoms with van der Waals surface area (Å²) in [6.45, 7) is 2.24. The molecule has 178 valence electrons. The second-order valence-electron chi connectivity index (χ2n) is 8.54. The van der Waals surface area contributed by atoms with Crippen LogP contribution in [0, 0.1) is 5.82 Å². The Bertz CT molecular complexity index is 1350. The first-order valence-corrected chi connectivity index (χ1v) is 11.0. The first kappa shape index (κ1) is 23.4. The van der Waals surface area contributed by atoms with Crippen LogP contribution in [0.15, 0.2) is 52.1 Å². The summed E-state index contributed by atoms with van der Waals surface area (Å²) in [5.74, 6) is -0.630. The average Bonchev–Trinajstić information content (AvgIpc) is 2.81. The summed E-state index contributed by atoms with van der Waals surface area (Å²) in [6, 6.07) is 9.52. The summed E-state index contributed by atoms with van der Waals surface area (Å²) in [6.07, 6.45) is 0.577. The third kappa shape index (κ3) is 4.49. The SMILES string of the molecule is CN(C)CCN1CCN(c2cc(C(C=O)n3c(=O)[nH]c(=O)c4ccccc43)ccc2F)CC1=O. The molecule has 1 aromatic heterocycles. The number of likely N-dealkylation sites (N-methyl/N-ethyl adjacent to an activating group) is 1. The van der Waals surface area contributed by atoms with E-state index in [-0.39, 0.29) is 23.5 Å². The van der Waals surface area contributed by atoms with Crippen molar-refractivity contribution < 1.29 is 14.0 Å². The van der Waals surface area contributed by atoms with Crippen molar-refractivity contribution >= 4 is 28.8 Å². The van der Waals surface area contributed by atoms with Crippen molar-refractivity contribution in [3.8, 4) is 0 Å². The van der Waals surface area contributed by atoms with Crippen LogP contribution in [0.5, 0.6) is 0 Å². The summed E-state index contributed by atoms with van der Waals surface area (Å²) in [7, 11) is 3.86. The summed E-state index contributed by atoms with van der Waals surface area (Å²) < 4.78 is 16.0. The van der Waals surface area contributed by atoms with Gasteiger partial charge in [-0.15, -0.1) is 0 Å². The maximum absolute atomic E-state index is 14.8. The molecule has 1 unspecified atom stereocenters. The summed E-state index contributed by atoms with van der Waals surface area (Å²) >= 11 is 0. The normalized spacial score (nSPS) is 15.2. The van der Waals surface area contributed by atoms with Crippen LogP contribution in [0.3, 0.4) is 0 Å². The molecule has 0 saturated carbocycles. The van der Waals surface area contributed by atoms with Crippen molar-refractivity contribution in [3.05, 3.63) is 74.7 Å². The van der Waals surface area contributed by atoms with Crippen LogP contribution >= 0.6 is 0 Å². The lowest BCUT2D eigenvalue weighted by molar-refractivity contribution is -0.131. The predicted molar refractivity (Wildman–Crippen MR) is 127 cm³/mol. The van der Waals surface area contributed by atoms with Crippen molar-refractivity contribution in [2.75, 3.05) is 51.7 Å². The number of aromatic nitrogens is 2. The van der Waals surface area contributed by atoms with Crippen LogP contribution in [-0.4, -0.2) is 78.4 Å². The third-order valence-electron chi connectivity index (χ3n) is 6.04. The second-order valence-corrected chi connectivity index (χ2v) is 8.54. The molecule has 1 amide bonds. The lowest BCUT2D eigenvalue weighted by Crippen LogP contribution is -2.52. The number of hydrogen-bond acceptors (Lipinski definition) is 6. The van der Waals surface area contributed by atoms with Gasteiger partial charge in [0.1, 0.15) is 18.1 Å². The number of amides is 1. The first-order valence-electron chi connectivity index (χ1n) is 11.0. The highest BCUT2D eigenvalue weighted by molar-refractivity contribution is 5.83. The van der Waals surface area contributed by atoms with E-state index in [1.54, 1.807) is 34.1 Å². The minimum Gasteiger partial charge on any atom is -0.358 e. The average molecular weight is 468 g/mol. The van der Waals surface area contributed by atoms with Crippen LogP contribution < -0.4 is 16.1 Å². The Morgan fingerprint density at radius 2 is 1.88 bits per heavy atom. The number of H-pyrrole nitrogens is 1. The second kappa shape index (κ2) is 9.60. The van der Waals surface area contributed by atoms with Crippen molar-refractivity contribution in [1.29, 1.82) is 0 Å². The van der Waals surface area contributed by atoms with Crippen molar-refractivity contribution in [2.24, 2.45) is 0 Å². The number of halogens is 1. The zero-order valence-corrected chi connectivity index (χ0v) is 19.0. The number of nitrogens with one attached hydrogen (secondary N) is 1. The van der Waals surface area contributed by atoms with Crippen LogP contribution in [0.2, 0.25) is 0 Å². The first-order chi connectivity index (χ1) is 16.3. The Hall–Kier alpha value is -3.79. The molecule has 0 bridgehead atoms. The zero-order chi connectivity index (χ0) is 24.4. The molecule has 0 spiro atoms. The van der Waals surface area contributed by atoms with E-state index in [9.17, 15) is 23.6 Å². The maximum Gasteiger partial charge on any atom is 0.329 e. The fourth-order valence-electron chi connectivity index (χ4n) is 4.20. The molecule has 1 aliphatic rings. The van der Waals surface area contributed by atoms with Gasteiger partial charge in [0, 0.05) is 26.2 Å². The molecule has 9 nitrogen and oxygen atoms in total. The molecule has 10 heteroatoms. The number of benzene rings is 2. The molecule has 1 aliphatic heterocycles. The van der Waals surface area contributed by atoms with E-state index < -0.39 is 23.1 Å². The van der Waals surface area contributed by atoms with Gasteiger partial charge in [0.05, 0.1) is 23.1 Å². The minimum absolute atomic E-state index is 0.0150. The Labute approximate surface area is 195 Å². The Morgan fingerprint density at radius 3 is 2.59 bits per heavy atom. The number of carbonyl (C=O) groups excluding carboxylic acids is 2.